The van der Waals surface area contributed by atoms with Crippen molar-refractivity contribution in [2.24, 2.45) is 0 Å². The largest absolute Gasteiger partial charge is 0.308 e. The third-order valence-corrected chi connectivity index (χ3v) is 2.20. The predicted octanol–water partition coefficient (Wildman–Crippen LogP) is 1.18. The molecule has 0 unspecified atom stereocenters. The second kappa shape index (κ2) is 2.36. The van der Waals surface area contributed by atoms with Crippen molar-refractivity contribution in [3.63, 3.8) is 0 Å². The van der Waals surface area contributed by atoms with E-state index in [2.05, 4.69) is 0 Å². The standard InChI is InChI=1S/C5H14O3S/c1-3-4-5-9(2,6,7)8/h3-5H2,1-2H3,(H2,6,7,8). The van der Waals surface area contributed by atoms with Crippen LogP contribution < -0.4 is 0 Å². The number of unbranched alkanes of at least 4 members (excludes halogenated alkanes) is 1. The summed E-state index contributed by atoms with van der Waals surface area (Å²) in [4.78, 5) is 0. The van der Waals surface area contributed by atoms with Crippen molar-refractivity contribution < 1.29 is 13.3 Å². The summed E-state index contributed by atoms with van der Waals surface area (Å²) in [6, 6.07) is 0. The predicted molar refractivity (Wildman–Crippen MR) is 39.1 cm³/mol. The highest BCUT2D eigenvalue weighted by Crippen LogP contribution is 2.12. The second-order valence-corrected chi connectivity index (χ2v) is 5.75. The van der Waals surface area contributed by atoms with Gasteiger partial charge in [0, 0.05) is 12.0 Å². The van der Waals surface area contributed by atoms with Crippen LogP contribution in [0.4, 0.5) is 0 Å². The molecule has 0 amide bonds. The molecular formula is C5H14O3S. The summed E-state index contributed by atoms with van der Waals surface area (Å²) in [5.74, 6) is -0.00625. The summed E-state index contributed by atoms with van der Waals surface area (Å²) in [7, 11) is -4.16. The fraction of sp³-hybridized carbons (Fsp3) is 1.00. The Morgan fingerprint density at radius 2 is 1.89 bits per heavy atom. The minimum atomic E-state index is -4.16. The zero-order valence-corrected chi connectivity index (χ0v) is 6.65. The Labute approximate surface area is 55.5 Å². The number of rotatable bonds is 3. The molecule has 4 heteroatoms. The normalized spacial score (nSPS) is 16.7. The minimum absolute atomic E-state index is 0.00625. The Morgan fingerprint density at radius 3 is 2.00 bits per heavy atom. The molecule has 0 radical (unpaired) electrons. The zero-order valence-electron chi connectivity index (χ0n) is 5.83. The first-order chi connectivity index (χ1) is 3.81. The summed E-state index contributed by atoms with van der Waals surface area (Å²) in [6.45, 7) is 1.90. The third kappa shape index (κ3) is 8.07. The molecule has 0 aromatic rings. The Kier molecular flexibility index (Phi) is 2.38. The van der Waals surface area contributed by atoms with E-state index in [-0.39, 0.29) is 5.75 Å². The molecule has 0 aromatic heterocycles. The summed E-state index contributed by atoms with van der Waals surface area (Å²) in [5, 5.41) is 0. The summed E-state index contributed by atoms with van der Waals surface area (Å²) < 4.78 is 28.1. The van der Waals surface area contributed by atoms with Crippen LogP contribution in [0.15, 0.2) is 0 Å². The minimum Gasteiger partial charge on any atom is -0.308 e. The maximum atomic E-state index is 10.7. The van der Waals surface area contributed by atoms with Gasteiger partial charge in [-0.25, -0.2) is 4.21 Å². The van der Waals surface area contributed by atoms with Crippen molar-refractivity contribution >= 4 is 9.63 Å². The van der Waals surface area contributed by atoms with Gasteiger partial charge in [-0.3, -0.25) is 0 Å². The van der Waals surface area contributed by atoms with Crippen LogP contribution in [-0.4, -0.2) is 25.3 Å². The van der Waals surface area contributed by atoms with Crippen molar-refractivity contribution in [2.45, 2.75) is 19.8 Å². The van der Waals surface area contributed by atoms with Crippen LogP contribution in [0.25, 0.3) is 0 Å². The number of hydrogen-bond acceptors (Lipinski definition) is 1. The van der Waals surface area contributed by atoms with Crippen LogP contribution in [0.3, 0.4) is 0 Å². The van der Waals surface area contributed by atoms with Gasteiger partial charge >= 0.3 is 0 Å². The van der Waals surface area contributed by atoms with E-state index in [4.69, 9.17) is 9.11 Å². The van der Waals surface area contributed by atoms with Gasteiger partial charge in [-0.1, -0.05) is 13.3 Å². The summed E-state index contributed by atoms with van der Waals surface area (Å²) in [6.07, 6.45) is 2.39. The van der Waals surface area contributed by atoms with E-state index in [1.165, 1.54) is 0 Å². The van der Waals surface area contributed by atoms with Gasteiger partial charge in [-0.2, -0.15) is 0 Å². The van der Waals surface area contributed by atoms with Gasteiger partial charge in [0.25, 0.3) is 0 Å². The second-order valence-electron chi connectivity index (χ2n) is 2.48. The lowest BCUT2D eigenvalue weighted by Gasteiger charge is -2.24. The fourth-order valence-corrected chi connectivity index (χ4v) is 1.43. The molecule has 2 N–H and O–H groups in total. The molecule has 0 saturated heterocycles. The monoisotopic (exact) mass is 154 g/mol. The summed E-state index contributed by atoms with van der Waals surface area (Å²) >= 11 is 0. The highest BCUT2D eigenvalue weighted by atomic mass is 32.3. The molecule has 0 spiro atoms. The average Bonchev–Trinajstić information content (AvgIpc) is 1.57. The molecule has 0 atom stereocenters. The molecule has 0 saturated carbocycles. The quantitative estimate of drug-likeness (QED) is 0.641. The first-order valence-corrected chi connectivity index (χ1v) is 5.39. The molecule has 0 heterocycles. The molecule has 0 rings (SSSR count). The first kappa shape index (κ1) is 9.07. The van der Waals surface area contributed by atoms with E-state index in [1.807, 2.05) is 6.92 Å². The molecule has 0 aliphatic heterocycles. The lowest BCUT2D eigenvalue weighted by Crippen LogP contribution is -2.32. The van der Waals surface area contributed by atoms with Crippen molar-refractivity contribution in [1.29, 1.82) is 0 Å². The Bertz CT molecular complexity index is 135. The topological polar surface area (TPSA) is 57.5 Å². The highest BCUT2D eigenvalue weighted by Gasteiger charge is 2.20. The smallest absolute Gasteiger partial charge is 0.0798 e. The molecule has 0 aliphatic carbocycles. The molecular weight excluding hydrogens is 140 g/mol. The fourth-order valence-electron chi connectivity index (χ4n) is 0.477. The van der Waals surface area contributed by atoms with Crippen LogP contribution in [0, 0.1) is 0 Å². The van der Waals surface area contributed by atoms with Gasteiger partial charge < -0.3 is 9.11 Å². The van der Waals surface area contributed by atoms with Gasteiger partial charge in [0.15, 0.2) is 0 Å². The summed E-state index contributed by atoms with van der Waals surface area (Å²) in [5.41, 5.74) is 0. The Balaban J connectivity index is 3.76. The van der Waals surface area contributed by atoms with Crippen molar-refractivity contribution in [1.82, 2.24) is 0 Å². The molecule has 0 aromatic carbocycles. The molecule has 3 nitrogen and oxygen atoms in total. The van der Waals surface area contributed by atoms with Gasteiger partial charge in [-0.15, -0.1) is 0 Å². The van der Waals surface area contributed by atoms with Gasteiger partial charge in [-0.05, 0) is 6.42 Å². The van der Waals surface area contributed by atoms with E-state index in [9.17, 15) is 4.21 Å². The lowest BCUT2D eigenvalue weighted by molar-refractivity contribution is 0.396. The van der Waals surface area contributed by atoms with Crippen LogP contribution in [0.2, 0.25) is 0 Å². The SMILES string of the molecule is CCCCS(C)(=O)(O)O. The highest BCUT2D eigenvalue weighted by molar-refractivity contribution is 8.09. The van der Waals surface area contributed by atoms with Crippen LogP contribution in [0.5, 0.6) is 0 Å². The molecule has 58 valence electrons. The van der Waals surface area contributed by atoms with Crippen molar-refractivity contribution in [2.75, 3.05) is 12.0 Å². The Hall–Kier alpha value is 0.0700. The van der Waals surface area contributed by atoms with Gasteiger partial charge in [0.2, 0.25) is 0 Å². The average molecular weight is 154 g/mol. The van der Waals surface area contributed by atoms with Gasteiger partial charge in [0.1, 0.15) is 0 Å². The van der Waals surface area contributed by atoms with E-state index in [0.717, 1.165) is 12.7 Å². The van der Waals surface area contributed by atoms with Crippen LogP contribution in [-0.2, 0) is 9.63 Å². The van der Waals surface area contributed by atoms with E-state index in [0.29, 0.717) is 6.42 Å². The first-order valence-electron chi connectivity index (χ1n) is 2.94. The molecule has 9 heavy (non-hydrogen) atoms. The number of hydrogen-bond donors (Lipinski definition) is 2. The Morgan fingerprint density at radius 1 is 1.44 bits per heavy atom. The maximum absolute atomic E-state index is 10.7. The van der Waals surface area contributed by atoms with Gasteiger partial charge in [0.05, 0.1) is 9.63 Å². The van der Waals surface area contributed by atoms with Crippen molar-refractivity contribution in [3.8, 4) is 0 Å². The van der Waals surface area contributed by atoms with Crippen LogP contribution in [0.1, 0.15) is 19.8 Å². The van der Waals surface area contributed by atoms with Crippen LogP contribution >= 0.6 is 0 Å². The molecule has 0 aliphatic rings. The maximum Gasteiger partial charge on any atom is 0.0798 e. The van der Waals surface area contributed by atoms with Crippen molar-refractivity contribution in [3.05, 3.63) is 0 Å². The van der Waals surface area contributed by atoms with E-state index in [1.54, 1.807) is 0 Å². The molecule has 0 bridgehead atoms. The zero-order chi connectivity index (χ0) is 7.57. The third-order valence-electron chi connectivity index (χ3n) is 0.968. The van der Waals surface area contributed by atoms with E-state index >= 15 is 0 Å². The lowest BCUT2D eigenvalue weighted by atomic mass is 10.4. The van der Waals surface area contributed by atoms with E-state index < -0.39 is 9.63 Å². The molecule has 0 fully saturated rings.